The molecule has 1 unspecified atom stereocenters. The lowest BCUT2D eigenvalue weighted by Crippen LogP contribution is -2.45. The summed E-state index contributed by atoms with van der Waals surface area (Å²) < 4.78 is 0. The Bertz CT molecular complexity index is 366. The molecule has 2 rings (SSSR count). The molecule has 0 radical (unpaired) electrons. The van der Waals surface area contributed by atoms with Gasteiger partial charge in [-0.15, -0.1) is 0 Å². The fraction of sp³-hybridized carbons (Fsp3) is 0.714. The summed E-state index contributed by atoms with van der Waals surface area (Å²) in [4.78, 5) is 13.8. The number of hydrogen-bond acceptors (Lipinski definition) is 4. The second kappa shape index (κ2) is 5.76. The maximum atomic E-state index is 4.46. The molecule has 0 aromatic carbocycles. The van der Waals surface area contributed by atoms with Gasteiger partial charge in [-0.05, 0) is 14.0 Å². The Morgan fingerprint density at radius 1 is 1.00 bits per heavy atom. The van der Waals surface area contributed by atoms with E-state index >= 15 is 0 Å². The summed E-state index contributed by atoms with van der Waals surface area (Å²) in [6.07, 6.45) is 3.98. The van der Waals surface area contributed by atoms with Crippen LogP contribution in [0.5, 0.6) is 0 Å². The van der Waals surface area contributed by atoms with Gasteiger partial charge in [0.1, 0.15) is 5.82 Å². The maximum Gasteiger partial charge on any atom is 0.130 e. The third-order valence-corrected chi connectivity index (χ3v) is 3.78. The largest absolute Gasteiger partial charge is 0.304 e. The highest BCUT2D eigenvalue weighted by Gasteiger charge is 2.20. The van der Waals surface area contributed by atoms with Crippen LogP contribution in [0.4, 0.5) is 0 Å². The van der Waals surface area contributed by atoms with Crippen molar-refractivity contribution in [3.05, 3.63) is 23.8 Å². The average molecular weight is 248 g/mol. The molecule has 0 aliphatic carbocycles. The zero-order valence-electron chi connectivity index (χ0n) is 11.9. The monoisotopic (exact) mass is 248 g/mol. The molecule has 1 aliphatic rings. The quantitative estimate of drug-likeness (QED) is 0.818. The number of aromatic nitrogens is 2. The first-order chi connectivity index (χ1) is 8.58. The molecule has 0 saturated carbocycles. The van der Waals surface area contributed by atoms with E-state index in [4.69, 9.17) is 0 Å². The first-order valence-corrected chi connectivity index (χ1v) is 6.82. The van der Waals surface area contributed by atoms with E-state index < -0.39 is 0 Å². The lowest BCUT2D eigenvalue weighted by atomic mass is 10.1. The van der Waals surface area contributed by atoms with Crippen LogP contribution in [0.15, 0.2) is 12.4 Å². The minimum atomic E-state index is 0.401. The van der Waals surface area contributed by atoms with Gasteiger partial charge in [0.25, 0.3) is 0 Å². The molecule has 0 bridgehead atoms. The minimum absolute atomic E-state index is 0.401. The molecule has 0 N–H and O–H groups in total. The van der Waals surface area contributed by atoms with Crippen LogP contribution >= 0.6 is 0 Å². The van der Waals surface area contributed by atoms with Crippen LogP contribution in [0, 0.1) is 0 Å². The Labute approximate surface area is 110 Å². The fourth-order valence-corrected chi connectivity index (χ4v) is 2.28. The average Bonchev–Trinajstić information content (AvgIpc) is 2.39. The van der Waals surface area contributed by atoms with Gasteiger partial charge in [-0.3, -0.25) is 4.90 Å². The van der Waals surface area contributed by atoms with Crippen LogP contribution in [-0.4, -0.2) is 53.0 Å². The molecule has 4 heteroatoms. The van der Waals surface area contributed by atoms with Gasteiger partial charge >= 0.3 is 0 Å². The number of nitrogens with zero attached hydrogens (tertiary/aromatic N) is 4. The van der Waals surface area contributed by atoms with Crippen LogP contribution in [0.25, 0.3) is 0 Å². The Hall–Kier alpha value is -1.00. The van der Waals surface area contributed by atoms with E-state index in [2.05, 4.69) is 47.6 Å². The second-order valence-electron chi connectivity index (χ2n) is 5.54. The molecule has 100 valence electrons. The SMILES string of the molecule is CC(C)c1ncc(C(C)N2CCN(C)CC2)cn1. The van der Waals surface area contributed by atoms with E-state index in [1.54, 1.807) is 0 Å². The summed E-state index contributed by atoms with van der Waals surface area (Å²) in [7, 11) is 2.18. The van der Waals surface area contributed by atoms with E-state index in [1.165, 1.54) is 5.56 Å². The predicted octanol–water partition coefficient (Wildman–Crippen LogP) is 1.91. The Balaban J connectivity index is 2.02. The Morgan fingerprint density at radius 3 is 2.06 bits per heavy atom. The molecule has 1 fully saturated rings. The number of hydrogen-bond donors (Lipinski definition) is 0. The van der Waals surface area contributed by atoms with Gasteiger partial charge in [0.15, 0.2) is 0 Å². The van der Waals surface area contributed by atoms with Crippen molar-refractivity contribution in [3.63, 3.8) is 0 Å². The van der Waals surface area contributed by atoms with Gasteiger partial charge in [0.05, 0.1) is 0 Å². The van der Waals surface area contributed by atoms with Gasteiger partial charge in [0.2, 0.25) is 0 Å². The normalized spacial score (nSPS) is 20.3. The maximum absolute atomic E-state index is 4.46. The number of likely N-dealkylation sites (N-methyl/N-ethyl adjacent to an activating group) is 1. The van der Waals surface area contributed by atoms with Crippen molar-refractivity contribution in [1.82, 2.24) is 19.8 Å². The first kappa shape index (κ1) is 13.4. The van der Waals surface area contributed by atoms with Crippen molar-refractivity contribution < 1.29 is 0 Å². The zero-order chi connectivity index (χ0) is 13.1. The molecule has 18 heavy (non-hydrogen) atoms. The van der Waals surface area contributed by atoms with Crippen molar-refractivity contribution in [3.8, 4) is 0 Å². The molecule has 1 aromatic rings. The van der Waals surface area contributed by atoms with E-state index in [0.29, 0.717) is 12.0 Å². The molecular weight excluding hydrogens is 224 g/mol. The Morgan fingerprint density at radius 2 is 1.56 bits per heavy atom. The summed E-state index contributed by atoms with van der Waals surface area (Å²) >= 11 is 0. The topological polar surface area (TPSA) is 32.3 Å². The molecule has 2 heterocycles. The third-order valence-electron chi connectivity index (χ3n) is 3.78. The molecule has 0 spiro atoms. The smallest absolute Gasteiger partial charge is 0.130 e. The molecule has 1 aromatic heterocycles. The molecule has 1 saturated heterocycles. The third kappa shape index (κ3) is 3.06. The summed E-state index contributed by atoms with van der Waals surface area (Å²) in [5, 5.41) is 0. The summed E-state index contributed by atoms with van der Waals surface area (Å²) in [6.45, 7) is 11.1. The molecule has 4 nitrogen and oxygen atoms in total. The van der Waals surface area contributed by atoms with Gasteiger partial charge in [-0.25, -0.2) is 9.97 Å². The lowest BCUT2D eigenvalue weighted by Gasteiger charge is -2.36. The molecule has 1 atom stereocenters. The van der Waals surface area contributed by atoms with Crippen LogP contribution in [-0.2, 0) is 0 Å². The highest BCUT2D eigenvalue weighted by Crippen LogP contribution is 2.20. The van der Waals surface area contributed by atoms with Gasteiger partial charge in [-0.1, -0.05) is 13.8 Å². The molecule has 0 amide bonds. The highest BCUT2D eigenvalue weighted by atomic mass is 15.3. The van der Waals surface area contributed by atoms with E-state index in [-0.39, 0.29) is 0 Å². The van der Waals surface area contributed by atoms with E-state index in [1.807, 2.05) is 12.4 Å². The Kier molecular flexibility index (Phi) is 4.30. The lowest BCUT2D eigenvalue weighted by molar-refractivity contribution is 0.118. The van der Waals surface area contributed by atoms with Gasteiger partial charge in [-0.2, -0.15) is 0 Å². The standard InChI is InChI=1S/C14H24N4/c1-11(2)14-15-9-13(10-16-14)12(3)18-7-5-17(4)6-8-18/h9-12H,5-8H2,1-4H3. The van der Waals surface area contributed by atoms with Crippen molar-refractivity contribution in [2.24, 2.45) is 0 Å². The highest BCUT2D eigenvalue weighted by molar-refractivity contribution is 5.11. The van der Waals surface area contributed by atoms with Crippen molar-refractivity contribution in [1.29, 1.82) is 0 Å². The van der Waals surface area contributed by atoms with E-state index in [0.717, 1.165) is 32.0 Å². The van der Waals surface area contributed by atoms with Crippen LogP contribution in [0.3, 0.4) is 0 Å². The van der Waals surface area contributed by atoms with Crippen molar-refractivity contribution in [2.75, 3.05) is 33.2 Å². The zero-order valence-corrected chi connectivity index (χ0v) is 11.9. The summed E-state index contributed by atoms with van der Waals surface area (Å²) in [5.74, 6) is 1.34. The number of piperazine rings is 1. The molecular formula is C14H24N4. The molecule has 1 aliphatic heterocycles. The predicted molar refractivity (Wildman–Crippen MR) is 73.6 cm³/mol. The first-order valence-electron chi connectivity index (χ1n) is 6.82. The fourth-order valence-electron chi connectivity index (χ4n) is 2.28. The minimum Gasteiger partial charge on any atom is -0.304 e. The van der Waals surface area contributed by atoms with Crippen LogP contribution in [0.1, 0.15) is 44.1 Å². The van der Waals surface area contributed by atoms with E-state index in [9.17, 15) is 0 Å². The van der Waals surface area contributed by atoms with Crippen LogP contribution < -0.4 is 0 Å². The summed E-state index contributed by atoms with van der Waals surface area (Å²) in [6, 6.07) is 0.417. The number of rotatable bonds is 3. The second-order valence-corrected chi connectivity index (χ2v) is 5.54. The summed E-state index contributed by atoms with van der Waals surface area (Å²) in [5.41, 5.74) is 1.23. The van der Waals surface area contributed by atoms with Crippen molar-refractivity contribution in [2.45, 2.75) is 32.7 Å². The van der Waals surface area contributed by atoms with Crippen molar-refractivity contribution >= 4 is 0 Å². The van der Waals surface area contributed by atoms with Gasteiger partial charge in [0, 0.05) is 56.1 Å². The van der Waals surface area contributed by atoms with Crippen LogP contribution in [0.2, 0.25) is 0 Å². The van der Waals surface area contributed by atoms with Gasteiger partial charge < -0.3 is 4.90 Å².